The summed E-state index contributed by atoms with van der Waals surface area (Å²) in [4.78, 5) is 10.6. The summed E-state index contributed by atoms with van der Waals surface area (Å²) >= 11 is 0. The molecule has 6 N–H and O–H groups in total. The van der Waals surface area contributed by atoms with E-state index in [1.54, 1.807) is 6.92 Å². The highest BCUT2D eigenvalue weighted by Crippen LogP contribution is 2.05. The molecule has 7 heteroatoms. The first kappa shape index (κ1) is 14.2. The van der Waals surface area contributed by atoms with Gasteiger partial charge in [-0.2, -0.15) is 0 Å². The van der Waals surface area contributed by atoms with Crippen LogP contribution >= 0.6 is 0 Å². The molecule has 0 amide bonds. The minimum Gasteiger partial charge on any atom is -0.329 e. The smallest absolute Gasteiger partial charge is 0.243 e. The van der Waals surface area contributed by atoms with E-state index < -0.39 is 5.54 Å². The van der Waals surface area contributed by atoms with Gasteiger partial charge >= 0.3 is 0 Å². The third kappa shape index (κ3) is 5.63. The molecule has 0 spiro atoms. The van der Waals surface area contributed by atoms with Crippen molar-refractivity contribution in [1.82, 2.24) is 10.6 Å². The van der Waals surface area contributed by atoms with Crippen LogP contribution in [-0.4, -0.2) is 49.7 Å². The zero-order valence-electron chi connectivity index (χ0n) is 9.16. The Balaban J connectivity index is 4.01. The first-order chi connectivity index (χ1) is 7.06. The highest BCUT2D eigenvalue weighted by atomic mass is 16.6. The average molecular weight is 219 g/mol. The lowest BCUT2D eigenvalue weighted by Crippen LogP contribution is -2.52. The topological polar surface area (TPSA) is 119 Å². The SMILES string of the molecule is CC(CNCCN)(CNCCN)[N+](=O)[O-]. The van der Waals surface area contributed by atoms with E-state index in [1.807, 2.05) is 0 Å². The van der Waals surface area contributed by atoms with E-state index in [-0.39, 0.29) is 4.92 Å². The summed E-state index contributed by atoms with van der Waals surface area (Å²) in [6, 6.07) is 0. The van der Waals surface area contributed by atoms with Gasteiger partial charge in [-0.1, -0.05) is 0 Å². The Hall–Kier alpha value is -0.760. The van der Waals surface area contributed by atoms with Gasteiger partial charge in [0.15, 0.2) is 0 Å². The van der Waals surface area contributed by atoms with E-state index in [0.29, 0.717) is 39.3 Å². The van der Waals surface area contributed by atoms with Gasteiger partial charge in [-0.05, 0) is 0 Å². The van der Waals surface area contributed by atoms with Gasteiger partial charge < -0.3 is 22.1 Å². The maximum Gasteiger partial charge on any atom is 0.243 e. The summed E-state index contributed by atoms with van der Waals surface area (Å²) in [5.74, 6) is 0. The van der Waals surface area contributed by atoms with Crippen LogP contribution in [-0.2, 0) is 0 Å². The Morgan fingerprint density at radius 3 is 1.87 bits per heavy atom. The van der Waals surface area contributed by atoms with Crippen molar-refractivity contribution < 1.29 is 4.92 Å². The predicted octanol–water partition coefficient (Wildman–Crippen LogP) is -1.88. The van der Waals surface area contributed by atoms with Crippen molar-refractivity contribution in [2.24, 2.45) is 11.5 Å². The van der Waals surface area contributed by atoms with Crippen LogP contribution in [0.2, 0.25) is 0 Å². The minimum absolute atomic E-state index is 0.278. The second-order valence-corrected chi connectivity index (χ2v) is 3.68. The molecule has 7 nitrogen and oxygen atoms in total. The van der Waals surface area contributed by atoms with Crippen LogP contribution in [0.3, 0.4) is 0 Å². The van der Waals surface area contributed by atoms with Crippen molar-refractivity contribution in [2.75, 3.05) is 39.3 Å². The molecular formula is C8H21N5O2. The first-order valence-electron chi connectivity index (χ1n) is 5.03. The Morgan fingerprint density at radius 2 is 1.60 bits per heavy atom. The lowest BCUT2D eigenvalue weighted by molar-refractivity contribution is -0.560. The molecule has 0 heterocycles. The molecule has 0 aliphatic carbocycles. The Kier molecular flexibility index (Phi) is 7.14. The molecule has 0 aliphatic rings. The highest BCUT2D eigenvalue weighted by Gasteiger charge is 2.35. The van der Waals surface area contributed by atoms with Gasteiger partial charge in [-0.3, -0.25) is 10.1 Å². The van der Waals surface area contributed by atoms with E-state index in [9.17, 15) is 10.1 Å². The van der Waals surface area contributed by atoms with Crippen LogP contribution in [0.25, 0.3) is 0 Å². The Labute approximate surface area is 89.7 Å². The fraction of sp³-hybridized carbons (Fsp3) is 1.00. The predicted molar refractivity (Wildman–Crippen MR) is 59.2 cm³/mol. The van der Waals surface area contributed by atoms with Crippen LogP contribution in [0.15, 0.2) is 0 Å². The zero-order chi connectivity index (χ0) is 11.7. The second-order valence-electron chi connectivity index (χ2n) is 3.68. The lowest BCUT2D eigenvalue weighted by atomic mass is 10.0. The number of hydrogen-bond acceptors (Lipinski definition) is 6. The minimum atomic E-state index is -1.01. The van der Waals surface area contributed by atoms with Gasteiger partial charge in [0.25, 0.3) is 0 Å². The summed E-state index contributed by atoms with van der Waals surface area (Å²) in [7, 11) is 0. The number of nitrogens with two attached hydrogens (primary N) is 2. The monoisotopic (exact) mass is 219 g/mol. The fourth-order valence-electron chi connectivity index (χ4n) is 1.11. The first-order valence-corrected chi connectivity index (χ1v) is 5.03. The average Bonchev–Trinajstić information content (AvgIpc) is 2.18. The highest BCUT2D eigenvalue weighted by molar-refractivity contribution is 4.79. The molecule has 0 rings (SSSR count). The molecule has 0 aromatic heterocycles. The molecule has 0 saturated carbocycles. The van der Waals surface area contributed by atoms with Gasteiger partial charge in [0.2, 0.25) is 5.54 Å². The lowest BCUT2D eigenvalue weighted by Gasteiger charge is -2.21. The van der Waals surface area contributed by atoms with E-state index in [0.717, 1.165) is 0 Å². The second kappa shape index (κ2) is 7.52. The van der Waals surface area contributed by atoms with Crippen LogP contribution in [0.4, 0.5) is 0 Å². The Bertz CT molecular complexity index is 178. The Morgan fingerprint density at radius 1 is 1.20 bits per heavy atom. The summed E-state index contributed by atoms with van der Waals surface area (Å²) in [6.45, 7) is 4.32. The summed E-state index contributed by atoms with van der Waals surface area (Å²) in [5, 5.41) is 16.8. The number of rotatable bonds is 9. The molecule has 0 unspecified atom stereocenters. The molecule has 0 bridgehead atoms. The third-order valence-electron chi connectivity index (χ3n) is 2.09. The van der Waals surface area contributed by atoms with Gasteiger partial charge in [0, 0.05) is 38.0 Å². The molecule has 90 valence electrons. The molecule has 0 aromatic carbocycles. The molecule has 0 aliphatic heterocycles. The van der Waals surface area contributed by atoms with Gasteiger partial charge in [-0.25, -0.2) is 0 Å². The molecule has 0 atom stereocenters. The quantitative estimate of drug-likeness (QED) is 0.205. The van der Waals surface area contributed by atoms with Crippen molar-refractivity contribution in [3.8, 4) is 0 Å². The standard InChI is InChI=1S/C8H21N5O2/c1-8(13(14)15,6-11-4-2-9)7-12-5-3-10/h11-12H,2-7,9-10H2,1H3. The number of nitro groups is 1. The largest absolute Gasteiger partial charge is 0.329 e. The number of nitrogens with one attached hydrogen (secondary N) is 2. The van der Waals surface area contributed by atoms with E-state index in [1.165, 1.54) is 0 Å². The van der Waals surface area contributed by atoms with Crippen molar-refractivity contribution >= 4 is 0 Å². The molecule has 0 aromatic rings. The fourth-order valence-corrected chi connectivity index (χ4v) is 1.11. The van der Waals surface area contributed by atoms with Gasteiger partial charge in [0.1, 0.15) is 0 Å². The van der Waals surface area contributed by atoms with E-state index >= 15 is 0 Å². The van der Waals surface area contributed by atoms with Crippen LogP contribution in [0.1, 0.15) is 6.92 Å². The van der Waals surface area contributed by atoms with Crippen LogP contribution in [0.5, 0.6) is 0 Å². The molecule has 0 radical (unpaired) electrons. The maximum absolute atomic E-state index is 10.9. The van der Waals surface area contributed by atoms with Gasteiger partial charge in [-0.15, -0.1) is 0 Å². The number of hydrogen-bond donors (Lipinski definition) is 4. The number of nitrogens with zero attached hydrogens (tertiary/aromatic N) is 1. The van der Waals surface area contributed by atoms with E-state index in [4.69, 9.17) is 11.5 Å². The summed E-state index contributed by atoms with van der Waals surface area (Å²) in [5.41, 5.74) is 9.57. The zero-order valence-corrected chi connectivity index (χ0v) is 9.16. The van der Waals surface area contributed by atoms with Crippen molar-refractivity contribution in [3.05, 3.63) is 10.1 Å². The molecule has 0 fully saturated rings. The normalized spacial score (nSPS) is 11.7. The van der Waals surface area contributed by atoms with Crippen molar-refractivity contribution in [1.29, 1.82) is 0 Å². The van der Waals surface area contributed by atoms with Gasteiger partial charge in [0.05, 0.1) is 13.1 Å². The van der Waals surface area contributed by atoms with Crippen LogP contribution < -0.4 is 22.1 Å². The molecular weight excluding hydrogens is 198 g/mol. The van der Waals surface area contributed by atoms with Crippen molar-refractivity contribution in [2.45, 2.75) is 12.5 Å². The third-order valence-corrected chi connectivity index (χ3v) is 2.09. The summed E-state index contributed by atoms with van der Waals surface area (Å²) < 4.78 is 0. The molecule has 0 saturated heterocycles. The van der Waals surface area contributed by atoms with Crippen LogP contribution in [0, 0.1) is 10.1 Å². The maximum atomic E-state index is 10.9. The molecule has 15 heavy (non-hydrogen) atoms. The van der Waals surface area contributed by atoms with E-state index in [2.05, 4.69) is 10.6 Å². The summed E-state index contributed by atoms with van der Waals surface area (Å²) in [6.07, 6.45) is 0. The van der Waals surface area contributed by atoms with Crippen molar-refractivity contribution in [3.63, 3.8) is 0 Å².